The van der Waals surface area contributed by atoms with Crippen LogP contribution in [0.25, 0.3) is 0 Å². The zero-order chi connectivity index (χ0) is 19.3. The third kappa shape index (κ3) is 4.73. The van der Waals surface area contributed by atoms with Crippen molar-refractivity contribution in [3.8, 4) is 0 Å². The van der Waals surface area contributed by atoms with Gasteiger partial charge in [0.05, 0.1) is 6.10 Å². The van der Waals surface area contributed by atoms with E-state index in [1.54, 1.807) is 6.07 Å². The van der Waals surface area contributed by atoms with Crippen LogP contribution < -0.4 is 10.6 Å². The number of aromatic nitrogens is 2. The molecule has 7 nitrogen and oxygen atoms in total. The van der Waals surface area contributed by atoms with E-state index in [0.717, 1.165) is 44.7 Å². The number of hydrogen-bond donors (Lipinski definition) is 3. The normalized spacial score (nSPS) is 18.2. The van der Waals surface area contributed by atoms with Crippen LogP contribution in [0.4, 0.5) is 0 Å². The number of nitrogens with zero attached hydrogens (tertiary/aromatic N) is 3. The van der Waals surface area contributed by atoms with E-state index in [4.69, 9.17) is 0 Å². The van der Waals surface area contributed by atoms with Gasteiger partial charge in [-0.2, -0.15) is 0 Å². The molecular weight excluding hydrogens is 354 g/mol. The quantitative estimate of drug-likeness (QED) is 0.643. The fraction of sp³-hybridized carbons (Fsp3) is 0.476. The number of carbonyl (C=O) groups excluding carboxylic acids is 1. The van der Waals surface area contributed by atoms with Gasteiger partial charge in [0, 0.05) is 31.9 Å². The second-order valence-corrected chi connectivity index (χ2v) is 7.74. The lowest BCUT2D eigenvalue weighted by atomic mass is 9.97. The molecule has 0 spiro atoms. The number of β-amino-alcohol motifs (C(OH)–C–C–N with tert-alkyl or cyclic N) is 1. The third-order valence-electron chi connectivity index (χ3n) is 5.50. The Morgan fingerprint density at radius 3 is 2.89 bits per heavy atom. The first-order chi connectivity index (χ1) is 13.7. The Bertz CT molecular complexity index is 824. The predicted molar refractivity (Wildman–Crippen MR) is 106 cm³/mol. The Morgan fingerprint density at radius 2 is 2.11 bits per heavy atom. The van der Waals surface area contributed by atoms with Gasteiger partial charge in [-0.25, -0.2) is 9.97 Å². The van der Waals surface area contributed by atoms with Crippen LogP contribution in [0.2, 0.25) is 0 Å². The zero-order valence-electron chi connectivity index (χ0n) is 16.0. The van der Waals surface area contributed by atoms with Crippen LogP contribution in [-0.2, 0) is 19.4 Å². The monoisotopic (exact) mass is 381 g/mol. The van der Waals surface area contributed by atoms with Gasteiger partial charge in [0.15, 0.2) is 0 Å². The number of hydrogen-bond acceptors (Lipinski definition) is 6. The largest absolute Gasteiger partial charge is 0.390 e. The summed E-state index contributed by atoms with van der Waals surface area (Å²) >= 11 is 0. The lowest BCUT2D eigenvalue weighted by Gasteiger charge is -2.30. The van der Waals surface area contributed by atoms with Crippen LogP contribution in [0.1, 0.15) is 27.3 Å². The number of carbonyl (C=O) groups is 1. The standard InChI is InChI=1S/C21H27N5O2/c27-19(13-26-6-5-16-3-1-2-4-17(16)12-26)11-23-21(28)20-8-18(24-14-25-20)7-15-9-22-10-15/h1-4,8,14-15,19,22,27H,5-7,9-13H2,(H,23,28)/t19-/m0/s1. The van der Waals surface area contributed by atoms with Crippen molar-refractivity contribution in [2.24, 2.45) is 5.92 Å². The van der Waals surface area contributed by atoms with E-state index in [1.165, 1.54) is 17.5 Å². The Hall–Kier alpha value is -2.35. The van der Waals surface area contributed by atoms with E-state index in [0.29, 0.717) is 18.2 Å². The zero-order valence-corrected chi connectivity index (χ0v) is 16.0. The molecule has 1 atom stereocenters. The molecule has 3 N–H and O–H groups in total. The molecule has 148 valence electrons. The number of aliphatic hydroxyl groups is 1. The second kappa shape index (κ2) is 8.77. The van der Waals surface area contributed by atoms with Gasteiger partial charge in [0.2, 0.25) is 0 Å². The molecule has 2 aliphatic rings. The molecule has 2 aromatic rings. The molecule has 2 aliphatic heterocycles. The van der Waals surface area contributed by atoms with Crippen molar-refractivity contribution < 1.29 is 9.90 Å². The number of nitrogens with one attached hydrogen (secondary N) is 2. The topological polar surface area (TPSA) is 90.4 Å². The molecule has 3 heterocycles. The average molecular weight is 381 g/mol. The van der Waals surface area contributed by atoms with E-state index in [2.05, 4.69) is 49.8 Å². The maximum absolute atomic E-state index is 12.4. The smallest absolute Gasteiger partial charge is 0.270 e. The number of amides is 1. The van der Waals surface area contributed by atoms with Gasteiger partial charge in [-0.3, -0.25) is 9.69 Å². The molecule has 0 bridgehead atoms. The van der Waals surface area contributed by atoms with Gasteiger partial charge in [0.1, 0.15) is 12.0 Å². The fourth-order valence-corrected chi connectivity index (χ4v) is 3.80. The van der Waals surface area contributed by atoms with Crippen LogP contribution in [0, 0.1) is 5.92 Å². The number of benzene rings is 1. The molecule has 4 rings (SSSR count). The summed E-state index contributed by atoms with van der Waals surface area (Å²) in [6, 6.07) is 10.2. The van der Waals surface area contributed by atoms with Gasteiger partial charge in [-0.05, 0) is 49.0 Å². The molecular formula is C21H27N5O2. The Kier molecular flexibility index (Phi) is 5.95. The molecule has 0 saturated carbocycles. The summed E-state index contributed by atoms with van der Waals surface area (Å²) in [4.78, 5) is 23.0. The first kappa shape index (κ1) is 19.0. The Balaban J connectivity index is 1.25. The van der Waals surface area contributed by atoms with Crippen molar-refractivity contribution in [1.29, 1.82) is 0 Å². The second-order valence-electron chi connectivity index (χ2n) is 7.74. The SMILES string of the molecule is O=C(NC[C@H](O)CN1CCc2ccccc2C1)c1cc(CC2CNC2)ncn1. The molecule has 7 heteroatoms. The van der Waals surface area contributed by atoms with Crippen molar-refractivity contribution >= 4 is 5.91 Å². The van der Waals surface area contributed by atoms with E-state index >= 15 is 0 Å². The summed E-state index contributed by atoms with van der Waals surface area (Å²) in [6.07, 6.45) is 2.68. The maximum Gasteiger partial charge on any atom is 0.270 e. The number of rotatable bonds is 7. The van der Waals surface area contributed by atoms with Crippen LogP contribution in [0.5, 0.6) is 0 Å². The van der Waals surface area contributed by atoms with Crippen LogP contribution in [0.15, 0.2) is 36.7 Å². The lowest BCUT2D eigenvalue weighted by molar-refractivity contribution is 0.0838. The van der Waals surface area contributed by atoms with Gasteiger partial charge < -0.3 is 15.7 Å². The summed E-state index contributed by atoms with van der Waals surface area (Å²) < 4.78 is 0. The van der Waals surface area contributed by atoms with Crippen molar-refractivity contribution in [2.45, 2.75) is 25.5 Å². The first-order valence-electron chi connectivity index (χ1n) is 9.94. The molecule has 28 heavy (non-hydrogen) atoms. The minimum atomic E-state index is -0.614. The maximum atomic E-state index is 12.4. The summed E-state index contributed by atoms with van der Waals surface area (Å²) in [5, 5.41) is 16.4. The molecule has 1 amide bonds. The molecule has 1 aromatic heterocycles. The average Bonchev–Trinajstić information content (AvgIpc) is 2.69. The van der Waals surface area contributed by atoms with Gasteiger partial charge in [-0.1, -0.05) is 24.3 Å². The van der Waals surface area contributed by atoms with Crippen molar-refractivity contribution in [1.82, 2.24) is 25.5 Å². The minimum absolute atomic E-state index is 0.211. The molecule has 1 aromatic carbocycles. The van der Waals surface area contributed by atoms with Crippen molar-refractivity contribution in [2.75, 3.05) is 32.7 Å². The van der Waals surface area contributed by atoms with E-state index in [1.807, 2.05) is 0 Å². The van der Waals surface area contributed by atoms with Gasteiger partial charge in [0.25, 0.3) is 5.91 Å². The highest BCUT2D eigenvalue weighted by Crippen LogP contribution is 2.18. The van der Waals surface area contributed by atoms with Crippen molar-refractivity contribution in [3.05, 3.63) is 59.2 Å². The molecule has 0 unspecified atom stereocenters. The third-order valence-corrected chi connectivity index (χ3v) is 5.50. The van der Waals surface area contributed by atoms with Crippen LogP contribution >= 0.6 is 0 Å². The molecule has 1 saturated heterocycles. The molecule has 0 radical (unpaired) electrons. The predicted octanol–water partition coefficient (Wildman–Crippen LogP) is 0.387. The Morgan fingerprint density at radius 1 is 1.29 bits per heavy atom. The fourth-order valence-electron chi connectivity index (χ4n) is 3.80. The summed E-state index contributed by atoms with van der Waals surface area (Å²) in [5.41, 5.74) is 3.95. The van der Waals surface area contributed by atoms with Crippen LogP contribution in [-0.4, -0.2) is 64.7 Å². The Labute approximate surface area is 165 Å². The van der Waals surface area contributed by atoms with E-state index < -0.39 is 6.10 Å². The number of aliphatic hydroxyl groups excluding tert-OH is 1. The highest BCUT2D eigenvalue weighted by atomic mass is 16.3. The van der Waals surface area contributed by atoms with Gasteiger partial charge in [-0.15, -0.1) is 0 Å². The minimum Gasteiger partial charge on any atom is -0.390 e. The highest BCUT2D eigenvalue weighted by Gasteiger charge is 2.20. The number of fused-ring (bicyclic) bond motifs is 1. The first-order valence-corrected chi connectivity index (χ1v) is 9.94. The van der Waals surface area contributed by atoms with Crippen molar-refractivity contribution in [3.63, 3.8) is 0 Å². The summed E-state index contributed by atoms with van der Waals surface area (Å²) in [7, 11) is 0. The molecule has 1 fully saturated rings. The van der Waals surface area contributed by atoms with E-state index in [9.17, 15) is 9.90 Å². The summed E-state index contributed by atoms with van der Waals surface area (Å²) in [5.74, 6) is 0.320. The molecule has 0 aliphatic carbocycles. The van der Waals surface area contributed by atoms with Gasteiger partial charge >= 0.3 is 0 Å². The van der Waals surface area contributed by atoms with E-state index in [-0.39, 0.29) is 12.5 Å². The lowest BCUT2D eigenvalue weighted by Crippen LogP contribution is -2.43. The summed E-state index contributed by atoms with van der Waals surface area (Å²) in [6.45, 7) is 4.51. The van der Waals surface area contributed by atoms with Crippen LogP contribution in [0.3, 0.4) is 0 Å². The highest BCUT2D eigenvalue weighted by molar-refractivity contribution is 5.92.